The summed E-state index contributed by atoms with van der Waals surface area (Å²) < 4.78 is 30.5. The van der Waals surface area contributed by atoms with Crippen LogP contribution in [0.3, 0.4) is 0 Å². The summed E-state index contributed by atoms with van der Waals surface area (Å²) in [7, 11) is -1.83. The predicted molar refractivity (Wildman–Crippen MR) is 129 cm³/mol. The average molecular weight is 459 g/mol. The average Bonchev–Trinajstić information content (AvgIpc) is 2.79. The molecule has 0 fully saturated rings. The summed E-state index contributed by atoms with van der Waals surface area (Å²) in [5.41, 5.74) is 4.52. The first kappa shape index (κ1) is 24.1. The van der Waals surface area contributed by atoms with Gasteiger partial charge >= 0.3 is 0 Å². The van der Waals surface area contributed by atoms with Crippen LogP contribution in [0.1, 0.15) is 62.3 Å². The van der Waals surface area contributed by atoms with E-state index in [4.69, 9.17) is 4.74 Å². The number of benzene rings is 2. The minimum Gasteiger partial charge on any atom is -0.481 e. The second kappa shape index (κ2) is 10.4. The van der Waals surface area contributed by atoms with Crippen LogP contribution in [0.25, 0.3) is 0 Å². The highest BCUT2D eigenvalue weighted by Gasteiger charge is 2.23. The molecule has 1 aliphatic carbocycles. The van der Waals surface area contributed by atoms with E-state index in [1.165, 1.54) is 35.3 Å². The number of carbonyl (C=O) groups is 1. The molecule has 3 rings (SSSR count). The normalized spacial score (nSPS) is 15.4. The van der Waals surface area contributed by atoms with E-state index in [1.807, 2.05) is 6.92 Å². The van der Waals surface area contributed by atoms with Gasteiger partial charge < -0.3 is 10.1 Å². The van der Waals surface area contributed by atoms with Crippen LogP contribution in [0.15, 0.2) is 42.5 Å². The summed E-state index contributed by atoms with van der Waals surface area (Å²) in [6.45, 7) is 3.99. The van der Waals surface area contributed by atoms with E-state index in [0.29, 0.717) is 17.9 Å². The number of hydrogen-bond acceptors (Lipinski definition) is 4. The summed E-state index contributed by atoms with van der Waals surface area (Å²) >= 11 is 0. The molecule has 0 bridgehead atoms. The van der Waals surface area contributed by atoms with Crippen molar-refractivity contribution in [3.63, 3.8) is 0 Å². The zero-order valence-corrected chi connectivity index (χ0v) is 20.2. The molecule has 2 atom stereocenters. The third kappa shape index (κ3) is 5.82. The summed E-state index contributed by atoms with van der Waals surface area (Å²) in [4.78, 5) is 13.0. The standard InChI is InChI=1S/C25H34N2O4S/c1-5-23(20-12-11-18-9-7-8-10-19(18)17-20)26-25(28)24(6-2)31-22-15-13-21(14-16-22)27(3)32(4,29)30/h11-17,23-24H,5-10H2,1-4H3,(H,26,28)/t23-,24+/m1/s1. The molecule has 0 aliphatic heterocycles. The molecule has 0 saturated heterocycles. The number of nitrogens with zero attached hydrogens (tertiary/aromatic N) is 1. The fourth-order valence-corrected chi connectivity index (χ4v) is 4.57. The first-order valence-corrected chi connectivity index (χ1v) is 13.2. The van der Waals surface area contributed by atoms with Gasteiger partial charge in [0.25, 0.3) is 5.91 Å². The molecule has 0 spiro atoms. The van der Waals surface area contributed by atoms with E-state index in [9.17, 15) is 13.2 Å². The van der Waals surface area contributed by atoms with E-state index in [0.717, 1.165) is 31.1 Å². The zero-order chi connectivity index (χ0) is 23.3. The molecule has 1 aliphatic rings. The predicted octanol–water partition coefficient (Wildman–Crippen LogP) is 4.39. The van der Waals surface area contributed by atoms with Crippen LogP contribution in [-0.4, -0.2) is 33.7 Å². The number of aryl methyl sites for hydroxylation is 2. The molecule has 0 saturated carbocycles. The molecule has 0 radical (unpaired) electrons. The van der Waals surface area contributed by atoms with Crippen LogP contribution < -0.4 is 14.4 Å². The Morgan fingerprint density at radius 2 is 1.69 bits per heavy atom. The molecule has 0 heterocycles. The summed E-state index contributed by atoms with van der Waals surface area (Å²) in [6.07, 6.45) is 6.58. The lowest BCUT2D eigenvalue weighted by molar-refractivity contribution is -0.128. The van der Waals surface area contributed by atoms with Crippen LogP contribution in [0.5, 0.6) is 5.75 Å². The van der Waals surface area contributed by atoms with Gasteiger partial charge in [0, 0.05) is 7.05 Å². The second-order valence-electron chi connectivity index (χ2n) is 8.44. The number of ether oxygens (including phenoxy) is 1. The SMILES string of the molecule is CC[C@H](Oc1ccc(N(C)S(C)(=O)=O)cc1)C(=O)N[C@H](CC)c1ccc2c(c1)CCCC2. The van der Waals surface area contributed by atoms with Gasteiger partial charge in [-0.15, -0.1) is 0 Å². The number of amides is 1. The van der Waals surface area contributed by atoms with Crippen molar-refractivity contribution < 1.29 is 17.9 Å². The Hall–Kier alpha value is -2.54. The summed E-state index contributed by atoms with van der Waals surface area (Å²) in [5.74, 6) is 0.383. The molecule has 0 aromatic heterocycles. The molecular weight excluding hydrogens is 424 g/mol. The maximum absolute atomic E-state index is 13.0. The van der Waals surface area contributed by atoms with Gasteiger partial charge in [-0.1, -0.05) is 32.0 Å². The Morgan fingerprint density at radius 3 is 2.28 bits per heavy atom. The molecule has 174 valence electrons. The summed E-state index contributed by atoms with van der Waals surface area (Å²) in [6, 6.07) is 13.3. The lowest BCUT2D eigenvalue weighted by Gasteiger charge is -2.24. The quantitative estimate of drug-likeness (QED) is 0.605. The molecule has 0 unspecified atom stereocenters. The Bertz CT molecular complexity index is 1030. The van der Waals surface area contributed by atoms with Crippen LogP contribution in [0.4, 0.5) is 5.69 Å². The number of carbonyl (C=O) groups excluding carboxylic acids is 1. The minimum atomic E-state index is -3.33. The van der Waals surface area contributed by atoms with Crippen molar-refractivity contribution in [3.8, 4) is 5.75 Å². The topological polar surface area (TPSA) is 75.7 Å². The van der Waals surface area contributed by atoms with Crippen molar-refractivity contribution in [2.24, 2.45) is 0 Å². The zero-order valence-electron chi connectivity index (χ0n) is 19.4. The Balaban J connectivity index is 1.67. The van der Waals surface area contributed by atoms with E-state index in [-0.39, 0.29) is 11.9 Å². The highest BCUT2D eigenvalue weighted by molar-refractivity contribution is 7.92. The van der Waals surface area contributed by atoms with E-state index in [1.54, 1.807) is 24.3 Å². The number of sulfonamides is 1. The van der Waals surface area contributed by atoms with E-state index in [2.05, 4.69) is 30.4 Å². The molecule has 1 amide bonds. The van der Waals surface area contributed by atoms with Gasteiger partial charge in [-0.2, -0.15) is 0 Å². The number of hydrogen-bond donors (Lipinski definition) is 1. The van der Waals surface area contributed by atoms with Crippen molar-refractivity contribution >= 4 is 21.6 Å². The van der Waals surface area contributed by atoms with Crippen molar-refractivity contribution in [3.05, 3.63) is 59.2 Å². The van der Waals surface area contributed by atoms with Gasteiger partial charge in [0.15, 0.2) is 6.10 Å². The van der Waals surface area contributed by atoms with Gasteiger partial charge in [0.2, 0.25) is 10.0 Å². The molecular formula is C25H34N2O4S. The van der Waals surface area contributed by atoms with Gasteiger partial charge in [-0.25, -0.2) is 8.42 Å². The number of rotatable bonds is 9. The smallest absolute Gasteiger partial charge is 0.261 e. The van der Waals surface area contributed by atoms with Gasteiger partial charge in [-0.3, -0.25) is 9.10 Å². The molecule has 2 aromatic rings. The fourth-order valence-electron chi connectivity index (χ4n) is 4.07. The Labute approximate surface area is 192 Å². The van der Waals surface area contributed by atoms with Gasteiger partial charge in [0.05, 0.1) is 18.0 Å². The monoisotopic (exact) mass is 458 g/mol. The van der Waals surface area contributed by atoms with Gasteiger partial charge in [-0.05, 0) is 79.5 Å². The van der Waals surface area contributed by atoms with Crippen LogP contribution in [-0.2, 0) is 27.7 Å². The van der Waals surface area contributed by atoms with Crippen molar-refractivity contribution in [1.82, 2.24) is 5.32 Å². The number of fused-ring (bicyclic) bond motifs is 1. The van der Waals surface area contributed by atoms with Crippen molar-refractivity contribution in [2.75, 3.05) is 17.6 Å². The lowest BCUT2D eigenvalue weighted by Crippen LogP contribution is -2.40. The highest BCUT2D eigenvalue weighted by Crippen LogP contribution is 2.27. The molecule has 6 nitrogen and oxygen atoms in total. The Kier molecular flexibility index (Phi) is 7.82. The minimum absolute atomic E-state index is 0.0573. The van der Waals surface area contributed by atoms with E-state index < -0.39 is 16.1 Å². The number of anilines is 1. The van der Waals surface area contributed by atoms with Crippen LogP contribution in [0, 0.1) is 0 Å². The lowest BCUT2D eigenvalue weighted by atomic mass is 9.88. The highest BCUT2D eigenvalue weighted by atomic mass is 32.2. The number of nitrogens with one attached hydrogen (secondary N) is 1. The van der Waals surface area contributed by atoms with Crippen molar-refractivity contribution in [1.29, 1.82) is 0 Å². The maximum atomic E-state index is 13.0. The largest absolute Gasteiger partial charge is 0.481 e. The second-order valence-corrected chi connectivity index (χ2v) is 10.5. The van der Waals surface area contributed by atoms with Crippen LogP contribution in [0.2, 0.25) is 0 Å². The first-order valence-electron chi connectivity index (χ1n) is 11.4. The van der Waals surface area contributed by atoms with Crippen molar-refractivity contribution in [2.45, 2.75) is 64.5 Å². The first-order chi connectivity index (χ1) is 15.2. The summed E-state index contributed by atoms with van der Waals surface area (Å²) in [5, 5.41) is 3.16. The third-order valence-electron chi connectivity index (χ3n) is 6.14. The molecule has 7 heteroatoms. The fraction of sp³-hybridized carbons (Fsp3) is 0.480. The third-order valence-corrected chi connectivity index (χ3v) is 7.34. The Morgan fingerprint density at radius 1 is 1.03 bits per heavy atom. The van der Waals surface area contributed by atoms with E-state index >= 15 is 0 Å². The van der Waals surface area contributed by atoms with Gasteiger partial charge in [0.1, 0.15) is 5.75 Å². The molecule has 1 N–H and O–H groups in total. The maximum Gasteiger partial charge on any atom is 0.261 e. The van der Waals surface area contributed by atoms with Crippen LogP contribution >= 0.6 is 0 Å². The molecule has 2 aromatic carbocycles. The molecule has 32 heavy (non-hydrogen) atoms.